The van der Waals surface area contributed by atoms with Crippen LogP contribution in [-0.4, -0.2) is 18.2 Å². The minimum absolute atomic E-state index is 0.604. The van der Waals surface area contributed by atoms with E-state index in [4.69, 9.17) is 4.74 Å². The fraction of sp³-hybridized carbons (Fsp3) is 0.467. The zero-order valence-electron chi connectivity index (χ0n) is 11.4. The third kappa shape index (κ3) is 3.12. The normalized spacial score (nSPS) is 11.6. The highest BCUT2D eigenvalue weighted by Crippen LogP contribution is 2.17. The van der Waals surface area contributed by atoms with Gasteiger partial charge in [0.25, 0.3) is 0 Å². The fourth-order valence-electron chi connectivity index (χ4n) is 2.10. The molecule has 2 rings (SSSR count). The van der Waals surface area contributed by atoms with Crippen LogP contribution in [0.5, 0.6) is 0 Å². The number of benzene rings is 1. The Bertz CT molecular complexity index is 502. The highest BCUT2D eigenvalue weighted by atomic mass is 16.5. The van der Waals surface area contributed by atoms with Gasteiger partial charge in [-0.1, -0.05) is 26.0 Å². The van der Waals surface area contributed by atoms with E-state index >= 15 is 0 Å². The van der Waals surface area contributed by atoms with Gasteiger partial charge in [-0.2, -0.15) is 0 Å². The maximum absolute atomic E-state index is 5.19. The highest BCUT2D eigenvalue weighted by molar-refractivity contribution is 5.80. The molecule has 3 heteroatoms. The molecule has 0 bridgehead atoms. The smallest absolute Gasteiger partial charge is 0.122 e. The molecular formula is C15H22N2O. The lowest BCUT2D eigenvalue weighted by molar-refractivity contribution is 0.135. The molecule has 3 nitrogen and oxygen atoms in total. The number of nitrogens with zero attached hydrogens (tertiary/aromatic N) is 1. The number of nitrogens with one attached hydrogen (secondary N) is 1. The van der Waals surface area contributed by atoms with Crippen molar-refractivity contribution in [1.29, 1.82) is 0 Å². The summed E-state index contributed by atoms with van der Waals surface area (Å²) in [5.41, 5.74) is 2.56. The molecule has 0 aliphatic heterocycles. The van der Waals surface area contributed by atoms with Crippen LogP contribution < -0.4 is 5.32 Å². The lowest BCUT2D eigenvalue weighted by Crippen LogP contribution is -2.18. The predicted molar refractivity (Wildman–Crippen MR) is 75.5 cm³/mol. The second kappa shape index (κ2) is 6.03. The van der Waals surface area contributed by atoms with Gasteiger partial charge < -0.3 is 14.6 Å². The molecule has 98 valence electrons. The Labute approximate surface area is 109 Å². The minimum Gasteiger partial charge on any atom is -0.364 e. The maximum atomic E-state index is 5.19. The monoisotopic (exact) mass is 246 g/mol. The topological polar surface area (TPSA) is 26.2 Å². The summed E-state index contributed by atoms with van der Waals surface area (Å²) < 4.78 is 7.32. The first kappa shape index (κ1) is 13.1. The van der Waals surface area contributed by atoms with Crippen molar-refractivity contribution in [3.63, 3.8) is 0 Å². The van der Waals surface area contributed by atoms with Crippen molar-refractivity contribution < 1.29 is 4.74 Å². The molecular weight excluding hydrogens is 224 g/mol. The first-order valence-corrected chi connectivity index (χ1v) is 6.48. The van der Waals surface area contributed by atoms with Crippen LogP contribution in [0, 0.1) is 5.92 Å². The lowest BCUT2D eigenvalue weighted by atomic mass is 10.1. The van der Waals surface area contributed by atoms with Gasteiger partial charge in [-0.3, -0.25) is 0 Å². The number of aromatic nitrogens is 1. The van der Waals surface area contributed by atoms with E-state index in [1.54, 1.807) is 7.11 Å². The molecule has 0 aliphatic rings. The van der Waals surface area contributed by atoms with Gasteiger partial charge in [0.15, 0.2) is 0 Å². The van der Waals surface area contributed by atoms with E-state index in [0.717, 1.165) is 13.1 Å². The van der Waals surface area contributed by atoms with Crippen molar-refractivity contribution in [2.75, 3.05) is 13.7 Å². The molecule has 1 aromatic heterocycles. The average Bonchev–Trinajstić information content (AvgIpc) is 2.72. The molecule has 0 aliphatic carbocycles. The number of fused-ring (bicyclic) bond motifs is 1. The summed E-state index contributed by atoms with van der Waals surface area (Å²) in [7, 11) is 1.72. The quantitative estimate of drug-likeness (QED) is 0.848. The van der Waals surface area contributed by atoms with Crippen LogP contribution in [-0.2, 0) is 18.0 Å². The molecule has 0 fully saturated rings. The molecule has 0 saturated carbocycles. The van der Waals surface area contributed by atoms with E-state index < -0.39 is 0 Å². The first-order chi connectivity index (χ1) is 8.70. The van der Waals surface area contributed by atoms with Crippen molar-refractivity contribution in [3.8, 4) is 0 Å². The summed E-state index contributed by atoms with van der Waals surface area (Å²) in [6.45, 7) is 7.02. The molecule has 18 heavy (non-hydrogen) atoms. The van der Waals surface area contributed by atoms with Crippen LogP contribution in [0.15, 0.2) is 30.5 Å². The van der Waals surface area contributed by atoms with Gasteiger partial charge in [-0.25, -0.2) is 0 Å². The third-order valence-electron chi connectivity index (χ3n) is 2.99. The lowest BCUT2D eigenvalue weighted by Gasteiger charge is -2.09. The molecule has 1 aromatic carbocycles. The highest BCUT2D eigenvalue weighted by Gasteiger charge is 2.02. The molecule has 0 unspecified atom stereocenters. The van der Waals surface area contributed by atoms with Crippen LogP contribution in [0.2, 0.25) is 0 Å². The molecule has 0 amide bonds. The van der Waals surface area contributed by atoms with Crippen molar-refractivity contribution in [1.82, 2.24) is 9.88 Å². The third-order valence-corrected chi connectivity index (χ3v) is 2.99. The molecule has 1 heterocycles. The van der Waals surface area contributed by atoms with Crippen LogP contribution >= 0.6 is 0 Å². The molecule has 2 aromatic rings. The van der Waals surface area contributed by atoms with E-state index in [-0.39, 0.29) is 0 Å². The molecule has 0 radical (unpaired) electrons. The van der Waals surface area contributed by atoms with Gasteiger partial charge in [-0.15, -0.1) is 0 Å². The van der Waals surface area contributed by atoms with Gasteiger partial charge in [0.05, 0.1) is 5.52 Å². The number of ether oxygens (including phenoxy) is 1. The van der Waals surface area contributed by atoms with Gasteiger partial charge in [-0.05, 0) is 35.5 Å². The Morgan fingerprint density at radius 1 is 1.28 bits per heavy atom. The van der Waals surface area contributed by atoms with Gasteiger partial charge in [0.2, 0.25) is 0 Å². The van der Waals surface area contributed by atoms with E-state index in [1.807, 2.05) is 0 Å². The predicted octanol–water partition coefficient (Wildman–Crippen LogP) is 2.99. The molecule has 0 spiro atoms. The maximum Gasteiger partial charge on any atom is 0.122 e. The zero-order chi connectivity index (χ0) is 13.0. The van der Waals surface area contributed by atoms with E-state index in [9.17, 15) is 0 Å². The van der Waals surface area contributed by atoms with E-state index in [1.165, 1.54) is 16.5 Å². The number of rotatable bonds is 6. The minimum atomic E-state index is 0.604. The molecule has 0 atom stereocenters. The van der Waals surface area contributed by atoms with Crippen LogP contribution in [0.1, 0.15) is 19.4 Å². The average molecular weight is 246 g/mol. The molecule has 0 saturated heterocycles. The summed E-state index contributed by atoms with van der Waals surface area (Å²) in [5, 5.41) is 4.73. The Morgan fingerprint density at radius 2 is 2.11 bits per heavy atom. The Hall–Kier alpha value is -1.32. The van der Waals surface area contributed by atoms with Crippen LogP contribution in [0.3, 0.4) is 0 Å². The van der Waals surface area contributed by atoms with Gasteiger partial charge in [0, 0.05) is 19.9 Å². The summed E-state index contributed by atoms with van der Waals surface area (Å²) in [5.74, 6) is 0.686. The summed E-state index contributed by atoms with van der Waals surface area (Å²) in [4.78, 5) is 0. The zero-order valence-corrected chi connectivity index (χ0v) is 11.4. The number of hydrogen-bond acceptors (Lipinski definition) is 2. The van der Waals surface area contributed by atoms with Crippen molar-refractivity contribution in [3.05, 3.63) is 36.0 Å². The second-order valence-electron chi connectivity index (χ2n) is 5.12. The van der Waals surface area contributed by atoms with Gasteiger partial charge in [0.1, 0.15) is 6.73 Å². The van der Waals surface area contributed by atoms with Crippen LogP contribution in [0.25, 0.3) is 10.9 Å². The molecule has 1 N–H and O–H groups in total. The van der Waals surface area contributed by atoms with Crippen molar-refractivity contribution >= 4 is 10.9 Å². The Balaban J connectivity index is 2.12. The summed E-state index contributed by atoms with van der Waals surface area (Å²) >= 11 is 0. The fourth-order valence-corrected chi connectivity index (χ4v) is 2.10. The van der Waals surface area contributed by atoms with Crippen molar-refractivity contribution in [2.24, 2.45) is 5.92 Å². The van der Waals surface area contributed by atoms with Crippen LogP contribution in [0.4, 0.5) is 0 Å². The van der Waals surface area contributed by atoms with Crippen molar-refractivity contribution in [2.45, 2.75) is 27.1 Å². The standard InChI is InChI=1S/C15H22N2O/c1-12(2)9-16-10-13-4-5-14-6-7-17(11-18-3)15(14)8-13/h4-8,12,16H,9-11H2,1-3H3. The second-order valence-corrected chi connectivity index (χ2v) is 5.12. The number of hydrogen-bond donors (Lipinski definition) is 1. The Morgan fingerprint density at radius 3 is 2.83 bits per heavy atom. The largest absolute Gasteiger partial charge is 0.364 e. The Kier molecular flexibility index (Phi) is 4.39. The summed E-state index contributed by atoms with van der Waals surface area (Å²) in [6.07, 6.45) is 2.07. The first-order valence-electron chi connectivity index (χ1n) is 6.48. The van der Waals surface area contributed by atoms with E-state index in [2.05, 4.69) is 54.2 Å². The van der Waals surface area contributed by atoms with E-state index in [0.29, 0.717) is 12.6 Å². The SMILES string of the molecule is COCn1ccc2ccc(CNCC(C)C)cc21. The number of methoxy groups -OCH3 is 1. The summed E-state index contributed by atoms with van der Waals surface area (Å²) in [6, 6.07) is 8.72. The van der Waals surface area contributed by atoms with Gasteiger partial charge >= 0.3 is 0 Å².